The molecule has 5 heteroatoms. The third kappa shape index (κ3) is 8.55. The predicted octanol–water partition coefficient (Wildman–Crippen LogP) is 4.84. The fraction of sp³-hybridized carbons (Fsp3) is 0.812. The largest absolute Gasteiger partial charge is 0.339 e. The molecular formula is C16H31O4P. The molecule has 0 spiro atoms. The Morgan fingerprint density at radius 2 is 1.48 bits per heavy atom. The number of ketones is 1. The van der Waals surface area contributed by atoms with Gasteiger partial charge >= 0.3 is 7.60 Å². The number of rotatable bonds is 7. The molecule has 0 unspecified atom stereocenters. The van der Waals surface area contributed by atoms with Crippen LogP contribution in [0.4, 0.5) is 0 Å². The highest BCUT2D eigenvalue weighted by Gasteiger charge is 2.38. The van der Waals surface area contributed by atoms with Gasteiger partial charge in [0.1, 0.15) is 11.9 Å². The number of Topliss-reactive ketones (excluding diaryl/α,β-unsaturated/α-hetero) is 1. The van der Waals surface area contributed by atoms with Gasteiger partial charge in [0.2, 0.25) is 0 Å². The first-order chi connectivity index (χ1) is 9.19. The SMILES string of the molecule is C=C[C@@H](C)[C@H](C)C(=O)CP(=O)(OC(C)(C)C)OC(C)(C)C. The summed E-state index contributed by atoms with van der Waals surface area (Å²) in [5, 5.41) is 0. The average Bonchev–Trinajstić information content (AvgIpc) is 2.20. The first-order valence-electron chi connectivity index (χ1n) is 7.35. The Kier molecular flexibility index (Phi) is 7.06. The van der Waals surface area contributed by atoms with E-state index in [2.05, 4.69) is 6.58 Å². The van der Waals surface area contributed by atoms with Crippen molar-refractivity contribution in [3.8, 4) is 0 Å². The third-order valence-corrected chi connectivity index (χ3v) is 5.19. The summed E-state index contributed by atoms with van der Waals surface area (Å²) in [7, 11) is -3.51. The monoisotopic (exact) mass is 318 g/mol. The lowest BCUT2D eigenvalue weighted by molar-refractivity contribution is -0.121. The molecule has 4 nitrogen and oxygen atoms in total. The third-order valence-electron chi connectivity index (χ3n) is 2.84. The summed E-state index contributed by atoms with van der Waals surface area (Å²) in [6.45, 7) is 18.2. The van der Waals surface area contributed by atoms with Crippen LogP contribution in [0, 0.1) is 11.8 Å². The molecule has 0 saturated heterocycles. The maximum absolute atomic E-state index is 13.0. The van der Waals surface area contributed by atoms with Crippen LogP contribution in [-0.4, -0.2) is 23.1 Å². The van der Waals surface area contributed by atoms with Gasteiger partial charge in [-0.05, 0) is 47.5 Å². The minimum Gasteiger partial charge on any atom is -0.302 e. The Hall–Kier alpha value is -0.440. The van der Waals surface area contributed by atoms with Crippen molar-refractivity contribution < 1.29 is 18.4 Å². The highest BCUT2D eigenvalue weighted by Crippen LogP contribution is 2.54. The fourth-order valence-electron chi connectivity index (χ4n) is 1.75. The quantitative estimate of drug-likeness (QED) is 0.498. The summed E-state index contributed by atoms with van der Waals surface area (Å²) >= 11 is 0. The lowest BCUT2D eigenvalue weighted by atomic mass is 9.93. The zero-order valence-electron chi connectivity index (χ0n) is 14.7. The van der Waals surface area contributed by atoms with Crippen LogP contribution < -0.4 is 0 Å². The molecule has 124 valence electrons. The number of hydrogen-bond acceptors (Lipinski definition) is 4. The van der Waals surface area contributed by atoms with Gasteiger partial charge in [-0.15, -0.1) is 6.58 Å². The van der Waals surface area contributed by atoms with Crippen LogP contribution in [0.3, 0.4) is 0 Å². The van der Waals surface area contributed by atoms with Gasteiger partial charge in [-0.3, -0.25) is 9.36 Å². The standard InChI is InChI=1S/C16H31O4P/c1-10-12(2)13(3)14(17)11-21(18,19-15(4,5)6)20-16(7,8)9/h10,12-13H,1,11H2,2-9H3/t12-,13+/m1/s1. The van der Waals surface area contributed by atoms with E-state index in [1.807, 2.05) is 13.8 Å². The smallest absolute Gasteiger partial charge is 0.302 e. The maximum Gasteiger partial charge on any atom is 0.339 e. The Bertz CT molecular complexity index is 395. The second-order valence-corrected chi connectivity index (χ2v) is 9.43. The van der Waals surface area contributed by atoms with Gasteiger partial charge in [0.05, 0.1) is 11.2 Å². The Balaban J connectivity index is 5.21. The van der Waals surface area contributed by atoms with E-state index in [4.69, 9.17) is 9.05 Å². The molecule has 0 amide bonds. The number of carbonyl (C=O) groups is 1. The molecule has 0 heterocycles. The lowest BCUT2D eigenvalue weighted by Crippen LogP contribution is -2.29. The zero-order valence-corrected chi connectivity index (χ0v) is 15.6. The molecule has 0 aliphatic heterocycles. The fourth-order valence-corrected chi connectivity index (χ4v) is 4.25. The van der Waals surface area contributed by atoms with E-state index in [-0.39, 0.29) is 23.8 Å². The minimum absolute atomic E-state index is 0.0234. The second-order valence-electron chi connectivity index (χ2n) is 7.53. The van der Waals surface area contributed by atoms with Gasteiger partial charge in [-0.2, -0.15) is 0 Å². The normalized spacial score (nSPS) is 16.4. The number of carbonyl (C=O) groups excluding carboxylic acids is 1. The van der Waals surface area contributed by atoms with Crippen LogP contribution in [0.15, 0.2) is 12.7 Å². The molecule has 0 rings (SSSR count). The average molecular weight is 318 g/mol. The molecule has 0 aromatic heterocycles. The highest BCUT2D eigenvalue weighted by molar-refractivity contribution is 7.55. The van der Waals surface area contributed by atoms with Crippen molar-refractivity contribution in [2.75, 3.05) is 6.16 Å². The molecule has 2 atom stereocenters. The number of hydrogen-bond donors (Lipinski definition) is 0. The molecule has 0 aromatic carbocycles. The molecule has 0 aliphatic rings. The predicted molar refractivity (Wildman–Crippen MR) is 87.7 cm³/mol. The second kappa shape index (κ2) is 7.21. The summed E-state index contributed by atoms with van der Waals surface area (Å²) in [6, 6.07) is 0. The van der Waals surface area contributed by atoms with E-state index >= 15 is 0 Å². The Labute approximate surface area is 129 Å². The summed E-state index contributed by atoms with van der Waals surface area (Å²) in [5.41, 5.74) is -1.29. The number of allylic oxidation sites excluding steroid dienone is 1. The van der Waals surface area contributed by atoms with Gasteiger partial charge in [0.15, 0.2) is 0 Å². The first kappa shape index (κ1) is 20.6. The van der Waals surface area contributed by atoms with Gasteiger partial charge in [-0.25, -0.2) is 0 Å². The first-order valence-corrected chi connectivity index (χ1v) is 9.08. The molecule has 0 bridgehead atoms. The summed E-state index contributed by atoms with van der Waals surface area (Å²) in [6.07, 6.45) is 1.52. The maximum atomic E-state index is 13.0. The van der Waals surface area contributed by atoms with Crippen molar-refractivity contribution in [2.24, 2.45) is 11.8 Å². The highest BCUT2D eigenvalue weighted by atomic mass is 31.2. The molecule has 0 aliphatic carbocycles. The van der Waals surface area contributed by atoms with Gasteiger partial charge in [0, 0.05) is 5.92 Å². The Morgan fingerprint density at radius 1 is 1.10 bits per heavy atom. The van der Waals surface area contributed by atoms with Crippen LogP contribution >= 0.6 is 7.60 Å². The zero-order chi connectivity index (χ0) is 17.1. The van der Waals surface area contributed by atoms with Gasteiger partial charge in [0.25, 0.3) is 0 Å². The van der Waals surface area contributed by atoms with E-state index in [1.54, 1.807) is 47.6 Å². The lowest BCUT2D eigenvalue weighted by Gasteiger charge is -2.32. The van der Waals surface area contributed by atoms with Crippen molar-refractivity contribution >= 4 is 13.4 Å². The van der Waals surface area contributed by atoms with Gasteiger partial charge < -0.3 is 9.05 Å². The van der Waals surface area contributed by atoms with Crippen molar-refractivity contribution in [1.29, 1.82) is 0 Å². The molecule has 0 N–H and O–H groups in total. The summed E-state index contributed by atoms with van der Waals surface area (Å²) in [5.74, 6) is -0.364. The van der Waals surface area contributed by atoms with Crippen molar-refractivity contribution in [2.45, 2.75) is 66.6 Å². The molecular weight excluding hydrogens is 287 g/mol. The van der Waals surface area contributed by atoms with Crippen molar-refractivity contribution in [3.63, 3.8) is 0 Å². The Morgan fingerprint density at radius 3 is 1.76 bits per heavy atom. The summed E-state index contributed by atoms with van der Waals surface area (Å²) < 4.78 is 24.2. The van der Waals surface area contributed by atoms with Crippen LogP contribution in [0.2, 0.25) is 0 Å². The van der Waals surface area contributed by atoms with E-state index in [0.29, 0.717) is 0 Å². The molecule has 0 fully saturated rings. The minimum atomic E-state index is -3.51. The topological polar surface area (TPSA) is 52.6 Å². The van der Waals surface area contributed by atoms with E-state index in [0.717, 1.165) is 0 Å². The summed E-state index contributed by atoms with van der Waals surface area (Å²) in [4.78, 5) is 12.4. The van der Waals surface area contributed by atoms with Crippen molar-refractivity contribution in [1.82, 2.24) is 0 Å². The van der Waals surface area contributed by atoms with E-state index < -0.39 is 18.8 Å². The molecule has 0 radical (unpaired) electrons. The molecule has 0 saturated carbocycles. The van der Waals surface area contributed by atoms with E-state index in [1.165, 1.54) is 0 Å². The van der Waals surface area contributed by atoms with Crippen LogP contribution in [-0.2, 0) is 18.4 Å². The van der Waals surface area contributed by atoms with Crippen molar-refractivity contribution in [3.05, 3.63) is 12.7 Å². The van der Waals surface area contributed by atoms with Crippen LogP contribution in [0.5, 0.6) is 0 Å². The molecule has 21 heavy (non-hydrogen) atoms. The van der Waals surface area contributed by atoms with Crippen LogP contribution in [0.1, 0.15) is 55.4 Å². The van der Waals surface area contributed by atoms with E-state index in [9.17, 15) is 9.36 Å². The molecule has 0 aromatic rings. The van der Waals surface area contributed by atoms with Gasteiger partial charge in [-0.1, -0.05) is 19.9 Å². The van der Waals surface area contributed by atoms with Crippen LogP contribution in [0.25, 0.3) is 0 Å².